The zero-order valence-corrected chi connectivity index (χ0v) is 11.5. The predicted octanol–water partition coefficient (Wildman–Crippen LogP) is 2.47. The highest BCUT2D eigenvalue weighted by molar-refractivity contribution is 9.08. The number of sulfonamides is 1. The molecule has 0 aliphatic carbocycles. The van der Waals surface area contributed by atoms with E-state index in [2.05, 4.69) is 15.9 Å². The molecular weight excluding hydrogens is 316 g/mol. The van der Waals surface area contributed by atoms with Gasteiger partial charge in [0.15, 0.2) is 0 Å². The first-order chi connectivity index (χ1) is 7.87. The number of hydrogen-bond donors (Lipinski definition) is 0. The van der Waals surface area contributed by atoms with Gasteiger partial charge in [-0.15, -0.1) is 0 Å². The zero-order chi connectivity index (χ0) is 13.1. The van der Waals surface area contributed by atoms with E-state index in [1.54, 1.807) is 12.1 Å². The number of alkyl halides is 3. The molecule has 0 aliphatic rings. The van der Waals surface area contributed by atoms with Crippen molar-refractivity contribution in [1.82, 2.24) is 4.31 Å². The molecule has 0 bridgehead atoms. The van der Waals surface area contributed by atoms with Gasteiger partial charge < -0.3 is 0 Å². The molecule has 0 radical (unpaired) electrons. The molecule has 0 saturated carbocycles. The second kappa shape index (κ2) is 5.88. The number of benzene rings is 1. The molecule has 0 unspecified atom stereocenters. The molecule has 0 fully saturated rings. The van der Waals surface area contributed by atoms with Crippen molar-refractivity contribution in [2.75, 3.05) is 13.6 Å². The van der Waals surface area contributed by atoms with Crippen LogP contribution in [0.2, 0.25) is 0 Å². The van der Waals surface area contributed by atoms with E-state index in [0.717, 1.165) is 12.6 Å². The molecule has 0 heterocycles. The molecule has 0 amide bonds. The summed E-state index contributed by atoms with van der Waals surface area (Å²) in [5.41, 5.74) is 0.917. The lowest BCUT2D eigenvalue weighted by Crippen LogP contribution is -2.31. The summed E-state index contributed by atoms with van der Waals surface area (Å²) in [6.07, 6.45) is -2.68. The van der Waals surface area contributed by atoms with Gasteiger partial charge in [-0.3, -0.25) is 0 Å². The van der Waals surface area contributed by atoms with Crippen molar-refractivity contribution in [3.05, 3.63) is 29.8 Å². The Kier molecular flexibility index (Phi) is 5.03. The summed E-state index contributed by atoms with van der Waals surface area (Å²) in [6.45, 7) is -0.803. The Bertz CT molecular complexity index is 462. The van der Waals surface area contributed by atoms with Crippen LogP contribution in [-0.2, 0) is 15.4 Å². The minimum atomic E-state index is -3.82. The number of nitrogens with zero attached hydrogens (tertiary/aromatic N) is 1. The Labute approximate surface area is 108 Å². The molecule has 96 valence electrons. The van der Waals surface area contributed by atoms with Crippen LogP contribution in [0.4, 0.5) is 8.78 Å². The summed E-state index contributed by atoms with van der Waals surface area (Å²) < 4.78 is 48.6. The van der Waals surface area contributed by atoms with Crippen molar-refractivity contribution in [3.63, 3.8) is 0 Å². The molecule has 0 spiro atoms. The number of halogens is 3. The molecular formula is C10H12BrF2NO2S. The first-order valence-electron chi connectivity index (χ1n) is 4.77. The quantitative estimate of drug-likeness (QED) is 0.779. The van der Waals surface area contributed by atoms with Gasteiger partial charge in [0, 0.05) is 12.4 Å². The van der Waals surface area contributed by atoms with E-state index in [0.29, 0.717) is 9.64 Å². The van der Waals surface area contributed by atoms with Crippen LogP contribution in [-0.4, -0.2) is 32.7 Å². The SMILES string of the molecule is CN(CC(F)F)S(=O)(=O)c1ccc(CBr)cc1. The van der Waals surface area contributed by atoms with E-state index < -0.39 is 23.0 Å². The third kappa shape index (κ3) is 3.72. The van der Waals surface area contributed by atoms with Gasteiger partial charge in [0.1, 0.15) is 0 Å². The number of hydrogen-bond acceptors (Lipinski definition) is 2. The Morgan fingerprint density at radius 3 is 2.24 bits per heavy atom. The maximum absolute atomic E-state index is 12.1. The average Bonchev–Trinajstić information content (AvgIpc) is 2.28. The van der Waals surface area contributed by atoms with Crippen molar-refractivity contribution in [2.45, 2.75) is 16.7 Å². The van der Waals surface area contributed by atoms with Crippen LogP contribution in [0.1, 0.15) is 5.56 Å². The van der Waals surface area contributed by atoms with Crippen LogP contribution in [0.3, 0.4) is 0 Å². The van der Waals surface area contributed by atoms with Crippen molar-refractivity contribution in [3.8, 4) is 0 Å². The Morgan fingerprint density at radius 2 is 1.82 bits per heavy atom. The van der Waals surface area contributed by atoms with Crippen LogP contribution in [0.5, 0.6) is 0 Å². The van der Waals surface area contributed by atoms with E-state index in [1.165, 1.54) is 12.1 Å². The van der Waals surface area contributed by atoms with Gasteiger partial charge in [0.05, 0.1) is 11.4 Å². The normalized spacial score (nSPS) is 12.4. The summed E-state index contributed by atoms with van der Waals surface area (Å²) in [4.78, 5) is 0.0188. The number of rotatable bonds is 5. The molecule has 0 saturated heterocycles. The van der Waals surface area contributed by atoms with Crippen molar-refractivity contribution in [2.24, 2.45) is 0 Å². The molecule has 3 nitrogen and oxygen atoms in total. The lowest BCUT2D eigenvalue weighted by molar-refractivity contribution is 0.126. The molecule has 1 rings (SSSR count). The fourth-order valence-electron chi connectivity index (χ4n) is 1.22. The van der Waals surface area contributed by atoms with Gasteiger partial charge in [-0.25, -0.2) is 17.2 Å². The van der Waals surface area contributed by atoms with Crippen molar-refractivity contribution in [1.29, 1.82) is 0 Å². The fraction of sp³-hybridized carbons (Fsp3) is 0.400. The summed E-state index contributed by atoms with van der Waals surface area (Å²) in [5, 5.41) is 0.611. The molecule has 7 heteroatoms. The van der Waals surface area contributed by atoms with Crippen LogP contribution in [0.15, 0.2) is 29.2 Å². The monoisotopic (exact) mass is 327 g/mol. The topological polar surface area (TPSA) is 37.4 Å². The van der Waals surface area contributed by atoms with Crippen LogP contribution >= 0.6 is 15.9 Å². The standard InChI is InChI=1S/C10H12BrF2NO2S/c1-14(7-10(12)13)17(15,16)9-4-2-8(6-11)3-5-9/h2-5,10H,6-7H2,1H3. The first-order valence-corrected chi connectivity index (χ1v) is 7.33. The smallest absolute Gasteiger partial charge is 0.209 e. The highest BCUT2D eigenvalue weighted by atomic mass is 79.9. The highest BCUT2D eigenvalue weighted by Gasteiger charge is 2.23. The molecule has 0 aliphatic heterocycles. The predicted molar refractivity (Wildman–Crippen MR) is 64.9 cm³/mol. The van der Waals surface area contributed by atoms with Gasteiger partial charge >= 0.3 is 0 Å². The Balaban J connectivity index is 2.96. The minimum Gasteiger partial charge on any atom is -0.209 e. The van der Waals surface area contributed by atoms with Crippen LogP contribution < -0.4 is 0 Å². The third-order valence-electron chi connectivity index (χ3n) is 2.18. The molecule has 1 aromatic rings. The molecule has 0 aromatic heterocycles. The largest absolute Gasteiger partial charge is 0.252 e. The Morgan fingerprint density at radius 1 is 1.29 bits per heavy atom. The van der Waals surface area contributed by atoms with Gasteiger partial charge in [-0.2, -0.15) is 4.31 Å². The van der Waals surface area contributed by atoms with Crippen LogP contribution in [0.25, 0.3) is 0 Å². The maximum atomic E-state index is 12.1. The van der Waals surface area contributed by atoms with E-state index in [1.807, 2.05) is 0 Å². The fourth-order valence-corrected chi connectivity index (χ4v) is 2.75. The second-order valence-corrected chi connectivity index (χ2v) is 6.06. The average molecular weight is 328 g/mol. The van der Waals surface area contributed by atoms with E-state index >= 15 is 0 Å². The molecule has 1 aromatic carbocycles. The van der Waals surface area contributed by atoms with Crippen LogP contribution in [0, 0.1) is 0 Å². The summed E-state index contributed by atoms with van der Waals surface area (Å²) >= 11 is 3.24. The van der Waals surface area contributed by atoms with Gasteiger partial charge in [0.2, 0.25) is 10.0 Å². The summed E-state index contributed by atoms with van der Waals surface area (Å²) in [5.74, 6) is 0. The van der Waals surface area contributed by atoms with E-state index in [9.17, 15) is 17.2 Å². The summed E-state index contributed by atoms with van der Waals surface area (Å²) in [7, 11) is -2.68. The van der Waals surface area contributed by atoms with E-state index in [-0.39, 0.29) is 4.90 Å². The lowest BCUT2D eigenvalue weighted by atomic mass is 10.2. The summed E-state index contributed by atoms with van der Waals surface area (Å²) in [6, 6.07) is 6.09. The molecule has 17 heavy (non-hydrogen) atoms. The van der Waals surface area contributed by atoms with Gasteiger partial charge in [-0.1, -0.05) is 28.1 Å². The van der Waals surface area contributed by atoms with Gasteiger partial charge in [-0.05, 0) is 17.7 Å². The molecule has 0 atom stereocenters. The maximum Gasteiger partial charge on any atom is 0.252 e. The minimum absolute atomic E-state index is 0.0188. The first kappa shape index (κ1) is 14.5. The highest BCUT2D eigenvalue weighted by Crippen LogP contribution is 2.17. The zero-order valence-electron chi connectivity index (χ0n) is 9.11. The second-order valence-electron chi connectivity index (χ2n) is 3.45. The van der Waals surface area contributed by atoms with Crippen molar-refractivity contribution >= 4 is 26.0 Å². The Hall–Kier alpha value is -0.530. The molecule has 0 N–H and O–H groups in total. The lowest BCUT2D eigenvalue weighted by Gasteiger charge is -2.16. The van der Waals surface area contributed by atoms with E-state index in [4.69, 9.17) is 0 Å². The van der Waals surface area contributed by atoms with Gasteiger partial charge in [0.25, 0.3) is 6.43 Å². The third-order valence-corrected chi connectivity index (χ3v) is 4.67. The van der Waals surface area contributed by atoms with Crippen molar-refractivity contribution < 1.29 is 17.2 Å².